The molecule has 0 aliphatic heterocycles. The zero-order valence-corrected chi connectivity index (χ0v) is 10.7. The lowest BCUT2D eigenvalue weighted by Crippen LogP contribution is -2.09. The van der Waals surface area contributed by atoms with Gasteiger partial charge < -0.3 is 9.73 Å². The highest BCUT2D eigenvalue weighted by Crippen LogP contribution is 2.24. The van der Waals surface area contributed by atoms with Crippen LogP contribution in [0.3, 0.4) is 0 Å². The van der Waals surface area contributed by atoms with Crippen LogP contribution in [-0.2, 0) is 6.54 Å². The summed E-state index contributed by atoms with van der Waals surface area (Å²) in [6.45, 7) is 6.71. The van der Waals surface area contributed by atoms with E-state index in [-0.39, 0.29) is 6.04 Å². The van der Waals surface area contributed by atoms with Gasteiger partial charge in [-0.3, -0.25) is 4.68 Å². The molecule has 2 aromatic heterocycles. The molecule has 0 unspecified atom stereocenters. The minimum absolute atomic E-state index is 0.160. The lowest BCUT2D eigenvalue weighted by molar-refractivity contribution is 0.468. The van der Waals surface area contributed by atoms with Gasteiger partial charge in [-0.1, -0.05) is 6.08 Å². The molecular formula is C14H19N3O. The van der Waals surface area contributed by atoms with E-state index in [9.17, 15) is 0 Å². The van der Waals surface area contributed by atoms with Crippen molar-refractivity contribution in [3.8, 4) is 0 Å². The molecular weight excluding hydrogens is 226 g/mol. The van der Waals surface area contributed by atoms with Crippen molar-refractivity contribution < 1.29 is 4.42 Å². The summed E-state index contributed by atoms with van der Waals surface area (Å²) in [5, 5.41) is 7.70. The predicted octanol–water partition coefficient (Wildman–Crippen LogP) is 3.62. The number of nitrogens with one attached hydrogen (secondary N) is 1. The molecule has 2 heterocycles. The third kappa shape index (κ3) is 3.03. The minimum atomic E-state index is 0.160. The number of furan rings is 1. The van der Waals surface area contributed by atoms with Crippen molar-refractivity contribution in [1.29, 1.82) is 0 Å². The van der Waals surface area contributed by atoms with Gasteiger partial charge in [-0.2, -0.15) is 5.10 Å². The molecule has 0 radical (unpaired) electrons. The predicted molar refractivity (Wildman–Crippen MR) is 72.4 cm³/mol. The lowest BCUT2D eigenvalue weighted by Gasteiger charge is -2.15. The Morgan fingerprint density at radius 2 is 2.50 bits per heavy atom. The van der Waals surface area contributed by atoms with Gasteiger partial charge in [0.15, 0.2) is 0 Å². The van der Waals surface area contributed by atoms with Gasteiger partial charge in [0, 0.05) is 12.7 Å². The number of aryl methyl sites for hydroxylation is 1. The lowest BCUT2D eigenvalue weighted by atomic mass is 10.1. The van der Waals surface area contributed by atoms with Crippen molar-refractivity contribution in [1.82, 2.24) is 9.78 Å². The van der Waals surface area contributed by atoms with Crippen molar-refractivity contribution in [2.75, 3.05) is 5.32 Å². The molecule has 4 heteroatoms. The molecule has 0 saturated carbocycles. The smallest absolute Gasteiger partial charge is 0.125 e. The Morgan fingerprint density at radius 3 is 3.11 bits per heavy atom. The Balaban J connectivity index is 2.07. The molecule has 18 heavy (non-hydrogen) atoms. The molecule has 0 saturated heterocycles. The van der Waals surface area contributed by atoms with Crippen LogP contribution in [0, 0.1) is 0 Å². The molecule has 0 spiro atoms. The van der Waals surface area contributed by atoms with Crippen LogP contribution < -0.4 is 5.32 Å². The molecule has 0 fully saturated rings. The number of aromatic nitrogens is 2. The summed E-state index contributed by atoms with van der Waals surface area (Å²) in [6, 6.07) is 4.06. The molecule has 0 bridgehead atoms. The van der Waals surface area contributed by atoms with Crippen molar-refractivity contribution in [3.63, 3.8) is 0 Å². The quantitative estimate of drug-likeness (QED) is 0.758. The Kier molecular flexibility index (Phi) is 4.23. The van der Waals surface area contributed by atoms with Gasteiger partial charge in [0.1, 0.15) is 5.76 Å². The first-order chi connectivity index (χ1) is 8.83. The fourth-order valence-electron chi connectivity index (χ4n) is 1.87. The molecule has 0 amide bonds. The van der Waals surface area contributed by atoms with E-state index in [0.717, 1.165) is 30.8 Å². The van der Waals surface area contributed by atoms with E-state index in [1.807, 2.05) is 35.3 Å². The maximum atomic E-state index is 5.47. The molecule has 0 aliphatic rings. The zero-order valence-electron chi connectivity index (χ0n) is 10.7. The molecule has 1 atom stereocenters. The third-order valence-electron chi connectivity index (χ3n) is 2.84. The number of rotatable bonds is 7. The van der Waals surface area contributed by atoms with Crippen molar-refractivity contribution in [3.05, 3.63) is 49.2 Å². The van der Waals surface area contributed by atoms with Crippen LogP contribution in [0.5, 0.6) is 0 Å². The Hall–Kier alpha value is -1.97. The summed E-state index contributed by atoms with van der Waals surface area (Å²) in [6.07, 6.45) is 9.37. The van der Waals surface area contributed by atoms with E-state index in [4.69, 9.17) is 4.42 Å². The number of anilines is 1. The van der Waals surface area contributed by atoms with Gasteiger partial charge in [0.2, 0.25) is 0 Å². The van der Waals surface area contributed by atoms with E-state index in [1.54, 1.807) is 6.26 Å². The molecule has 0 aliphatic carbocycles. The standard InChI is InChI=1S/C14H19N3O/c1-3-5-7-13(14-8-6-9-18-14)16-12-10-15-17(4-2)11-12/h3,6,8-11,13,16H,1,4-5,7H2,2H3/t13-/m1/s1. The fraction of sp³-hybridized carbons (Fsp3) is 0.357. The second-order valence-corrected chi connectivity index (χ2v) is 4.16. The average Bonchev–Trinajstić information content (AvgIpc) is 3.05. The summed E-state index contributed by atoms with van der Waals surface area (Å²) in [7, 11) is 0. The number of allylic oxidation sites excluding steroid dienone is 1. The highest BCUT2D eigenvalue weighted by molar-refractivity contribution is 5.40. The fourth-order valence-corrected chi connectivity index (χ4v) is 1.87. The Labute approximate surface area is 107 Å². The molecule has 4 nitrogen and oxygen atoms in total. The Morgan fingerprint density at radius 1 is 1.61 bits per heavy atom. The number of hydrogen-bond donors (Lipinski definition) is 1. The molecule has 2 aromatic rings. The SMILES string of the molecule is C=CCC[C@@H](Nc1cnn(CC)c1)c1ccco1. The van der Waals surface area contributed by atoms with Gasteiger partial charge in [-0.25, -0.2) is 0 Å². The van der Waals surface area contributed by atoms with Gasteiger partial charge in [0.05, 0.1) is 24.2 Å². The minimum Gasteiger partial charge on any atom is -0.467 e. The second-order valence-electron chi connectivity index (χ2n) is 4.16. The van der Waals surface area contributed by atoms with Crippen molar-refractivity contribution in [2.45, 2.75) is 32.4 Å². The van der Waals surface area contributed by atoms with E-state index in [2.05, 4.69) is 23.9 Å². The zero-order chi connectivity index (χ0) is 12.8. The summed E-state index contributed by atoms with van der Waals surface area (Å²) in [4.78, 5) is 0. The summed E-state index contributed by atoms with van der Waals surface area (Å²) >= 11 is 0. The summed E-state index contributed by atoms with van der Waals surface area (Å²) < 4.78 is 7.37. The van der Waals surface area contributed by atoms with Crippen LogP contribution in [0.2, 0.25) is 0 Å². The van der Waals surface area contributed by atoms with Gasteiger partial charge in [0.25, 0.3) is 0 Å². The third-order valence-corrected chi connectivity index (χ3v) is 2.84. The average molecular weight is 245 g/mol. The highest BCUT2D eigenvalue weighted by atomic mass is 16.3. The topological polar surface area (TPSA) is 43.0 Å². The maximum Gasteiger partial charge on any atom is 0.125 e. The first-order valence-corrected chi connectivity index (χ1v) is 6.26. The van der Waals surface area contributed by atoms with Crippen LogP contribution in [-0.4, -0.2) is 9.78 Å². The molecule has 2 rings (SSSR count). The van der Waals surface area contributed by atoms with Crippen LogP contribution in [0.1, 0.15) is 31.6 Å². The van der Waals surface area contributed by atoms with E-state index >= 15 is 0 Å². The van der Waals surface area contributed by atoms with E-state index in [0.29, 0.717) is 0 Å². The molecule has 96 valence electrons. The molecule has 0 aromatic carbocycles. The summed E-state index contributed by atoms with van der Waals surface area (Å²) in [5.41, 5.74) is 1.02. The number of nitrogens with zero attached hydrogens (tertiary/aromatic N) is 2. The van der Waals surface area contributed by atoms with E-state index in [1.165, 1.54) is 0 Å². The van der Waals surface area contributed by atoms with Crippen LogP contribution in [0.15, 0.2) is 47.9 Å². The van der Waals surface area contributed by atoms with Crippen LogP contribution >= 0.6 is 0 Å². The van der Waals surface area contributed by atoms with Crippen molar-refractivity contribution >= 4 is 5.69 Å². The van der Waals surface area contributed by atoms with Gasteiger partial charge >= 0.3 is 0 Å². The van der Waals surface area contributed by atoms with Gasteiger partial charge in [-0.05, 0) is 31.9 Å². The van der Waals surface area contributed by atoms with E-state index < -0.39 is 0 Å². The maximum absolute atomic E-state index is 5.47. The molecule has 1 N–H and O–H groups in total. The van der Waals surface area contributed by atoms with Crippen LogP contribution in [0.25, 0.3) is 0 Å². The summed E-state index contributed by atoms with van der Waals surface area (Å²) in [5.74, 6) is 0.945. The normalized spacial score (nSPS) is 12.3. The highest BCUT2D eigenvalue weighted by Gasteiger charge is 2.14. The monoisotopic (exact) mass is 245 g/mol. The van der Waals surface area contributed by atoms with Crippen LogP contribution in [0.4, 0.5) is 5.69 Å². The Bertz CT molecular complexity index is 473. The first-order valence-electron chi connectivity index (χ1n) is 6.26. The second kappa shape index (κ2) is 6.10. The largest absolute Gasteiger partial charge is 0.467 e. The first kappa shape index (κ1) is 12.5. The van der Waals surface area contributed by atoms with Gasteiger partial charge in [-0.15, -0.1) is 6.58 Å². The number of hydrogen-bond acceptors (Lipinski definition) is 3. The van der Waals surface area contributed by atoms with Crippen molar-refractivity contribution in [2.24, 2.45) is 0 Å².